The van der Waals surface area contributed by atoms with E-state index in [9.17, 15) is 14.7 Å². The molecule has 1 amide bonds. The average molecular weight is 417 g/mol. The number of carbonyl (C=O) groups is 2. The highest BCUT2D eigenvalue weighted by molar-refractivity contribution is 5.94. The largest absolute Gasteiger partial charge is 0.507 e. The summed E-state index contributed by atoms with van der Waals surface area (Å²) in [6, 6.07) is 9.82. The summed E-state index contributed by atoms with van der Waals surface area (Å²) in [5.41, 5.74) is 0.934. The predicted octanol–water partition coefficient (Wildman–Crippen LogP) is 2.71. The van der Waals surface area contributed by atoms with E-state index in [0.29, 0.717) is 43.4 Å². The lowest BCUT2D eigenvalue weighted by Crippen LogP contribution is -2.30. The van der Waals surface area contributed by atoms with Gasteiger partial charge in [-0.05, 0) is 50.1 Å². The van der Waals surface area contributed by atoms with E-state index in [2.05, 4.69) is 5.32 Å². The maximum absolute atomic E-state index is 12.0. The van der Waals surface area contributed by atoms with Crippen LogP contribution in [0.5, 0.6) is 23.0 Å². The Hall–Kier alpha value is -3.42. The second-order valence-corrected chi connectivity index (χ2v) is 6.21. The Morgan fingerprint density at radius 3 is 2.40 bits per heavy atom. The zero-order valence-corrected chi connectivity index (χ0v) is 17.4. The molecule has 2 aromatic rings. The smallest absolute Gasteiger partial charge is 0.342 e. The number of benzene rings is 2. The van der Waals surface area contributed by atoms with E-state index in [0.717, 1.165) is 5.56 Å². The van der Waals surface area contributed by atoms with Crippen molar-refractivity contribution in [1.82, 2.24) is 5.32 Å². The molecule has 0 aromatic heterocycles. The van der Waals surface area contributed by atoms with Crippen LogP contribution in [0.1, 0.15) is 29.8 Å². The van der Waals surface area contributed by atoms with Gasteiger partial charge in [-0.15, -0.1) is 0 Å². The van der Waals surface area contributed by atoms with E-state index >= 15 is 0 Å². The maximum atomic E-state index is 12.0. The fourth-order valence-electron chi connectivity index (χ4n) is 2.67. The van der Waals surface area contributed by atoms with E-state index in [1.54, 1.807) is 0 Å². The van der Waals surface area contributed by atoms with Gasteiger partial charge in [0.1, 0.15) is 17.1 Å². The topological polar surface area (TPSA) is 103 Å². The van der Waals surface area contributed by atoms with Crippen LogP contribution in [0.3, 0.4) is 0 Å². The fourth-order valence-corrected chi connectivity index (χ4v) is 2.67. The second-order valence-electron chi connectivity index (χ2n) is 6.21. The molecule has 8 heteroatoms. The number of hydrogen-bond acceptors (Lipinski definition) is 7. The number of amides is 1. The highest BCUT2D eigenvalue weighted by Gasteiger charge is 2.15. The Morgan fingerprint density at radius 1 is 1.00 bits per heavy atom. The van der Waals surface area contributed by atoms with Crippen molar-refractivity contribution in [2.45, 2.75) is 20.3 Å². The van der Waals surface area contributed by atoms with E-state index in [1.807, 2.05) is 32.0 Å². The molecule has 0 saturated heterocycles. The van der Waals surface area contributed by atoms with Crippen LogP contribution in [0.25, 0.3) is 0 Å². The number of ether oxygens (including phenoxy) is 4. The SMILES string of the molecule is CCOc1ccc(CCNC(=O)COC(=O)c2ccc(OC)cc2O)cc1OCC. The first kappa shape index (κ1) is 22.9. The molecule has 0 atom stereocenters. The summed E-state index contributed by atoms with van der Waals surface area (Å²) in [5.74, 6) is 0.242. The lowest BCUT2D eigenvalue weighted by atomic mass is 10.1. The Kier molecular flexibility index (Phi) is 8.80. The molecule has 2 N–H and O–H groups in total. The molecule has 0 aliphatic carbocycles. The normalized spacial score (nSPS) is 10.2. The number of esters is 1. The lowest BCUT2D eigenvalue weighted by Gasteiger charge is -2.13. The van der Waals surface area contributed by atoms with Crippen molar-refractivity contribution >= 4 is 11.9 Å². The molecule has 30 heavy (non-hydrogen) atoms. The summed E-state index contributed by atoms with van der Waals surface area (Å²) in [5, 5.41) is 12.5. The van der Waals surface area contributed by atoms with E-state index < -0.39 is 18.5 Å². The van der Waals surface area contributed by atoms with E-state index in [4.69, 9.17) is 18.9 Å². The molecule has 0 fully saturated rings. The number of carbonyl (C=O) groups excluding carboxylic acids is 2. The van der Waals surface area contributed by atoms with Crippen molar-refractivity contribution < 1.29 is 33.6 Å². The molecule has 2 aromatic carbocycles. The van der Waals surface area contributed by atoms with Gasteiger partial charge in [-0.2, -0.15) is 0 Å². The van der Waals surface area contributed by atoms with Crippen LogP contribution in [0, 0.1) is 0 Å². The molecule has 0 aliphatic rings. The van der Waals surface area contributed by atoms with Gasteiger partial charge in [0.15, 0.2) is 18.1 Å². The Labute approximate surface area is 175 Å². The zero-order chi connectivity index (χ0) is 21.9. The quantitative estimate of drug-likeness (QED) is 0.542. The molecule has 0 heterocycles. The predicted molar refractivity (Wildman–Crippen MR) is 110 cm³/mol. The van der Waals surface area contributed by atoms with Crippen molar-refractivity contribution in [2.24, 2.45) is 0 Å². The third-order valence-electron chi connectivity index (χ3n) is 4.10. The van der Waals surface area contributed by atoms with Crippen LogP contribution < -0.4 is 19.5 Å². The van der Waals surface area contributed by atoms with Crippen molar-refractivity contribution in [3.05, 3.63) is 47.5 Å². The highest BCUT2D eigenvalue weighted by atomic mass is 16.5. The Morgan fingerprint density at radius 2 is 1.73 bits per heavy atom. The average Bonchev–Trinajstić information content (AvgIpc) is 2.74. The number of rotatable bonds is 11. The second kappa shape index (κ2) is 11.5. The van der Waals surface area contributed by atoms with Crippen LogP contribution in [0.15, 0.2) is 36.4 Å². The van der Waals surface area contributed by atoms with Gasteiger partial charge < -0.3 is 29.4 Å². The standard InChI is InChI=1S/C22H27NO7/c1-4-28-19-9-6-15(12-20(19)29-5-2)10-11-23-21(25)14-30-22(26)17-8-7-16(27-3)13-18(17)24/h6-9,12-13,24H,4-5,10-11,14H2,1-3H3,(H,23,25). The number of hydrogen-bond donors (Lipinski definition) is 2. The van der Waals surface area contributed by atoms with Gasteiger partial charge in [0.2, 0.25) is 0 Å². The van der Waals surface area contributed by atoms with Gasteiger partial charge in [-0.1, -0.05) is 6.07 Å². The maximum Gasteiger partial charge on any atom is 0.342 e. The van der Waals surface area contributed by atoms with E-state index in [-0.39, 0.29) is 11.3 Å². The molecule has 0 unspecified atom stereocenters. The summed E-state index contributed by atoms with van der Waals surface area (Å²) < 4.78 is 21.0. The third-order valence-corrected chi connectivity index (χ3v) is 4.10. The van der Waals surface area contributed by atoms with Crippen LogP contribution in [-0.4, -0.2) is 50.5 Å². The number of nitrogens with one attached hydrogen (secondary N) is 1. The van der Waals surface area contributed by atoms with Crippen LogP contribution in [0.2, 0.25) is 0 Å². The van der Waals surface area contributed by atoms with Crippen molar-refractivity contribution in [2.75, 3.05) is 33.5 Å². The first-order valence-electron chi connectivity index (χ1n) is 9.67. The van der Waals surface area contributed by atoms with Crippen molar-refractivity contribution in [3.8, 4) is 23.0 Å². The monoisotopic (exact) mass is 417 g/mol. The molecule has 0 radical (unpaired) electrons. The van der Waals surface area contributed by atoms with Crippen LogP contribution in [-0.2, 0) is 16.0 Å². The molecular formula is C22H27NO7. The zero-order valence-electron chi connectivity index (χ0n) is 17.4. The summed E-state index contributed by atoms with van der Waals surface area (Å²) >= 11 is 0. The fraction of sp³-hybridized carbons (Fsp3) is 0.364. The summed E-state index contributed by atoms with van der Waals surface area (Å²) in [7, 11) is 1.45. The summed E-state index contributed by atoms with van der Waals surface area (Å²) in [6.07, 6.45) is 0.575. The Balaban J connectivity index is 1.81. The van der Waals surface area contributed by atoms with Gasteiger partial charge in [0.25, 0.3) is 5.91 Å². The van der Waals surface area contributed by atoms with Gasteiger partial charge in [-0.25, -0.2) is 4.79 Å². The summed E-state index contributed by atoms with van der Waals surface area (Å²) in [6.45, 7) is 4.79. The minimum Gasteiger partial charge on any atom is -0.507 e. The first-order chi connectivity index (χ1) is 14.5. The molecule has 162 valence electrons. The third kappa shape index (κ3) is 6.58. The minimum absolute atomic E-state index is 0.0403. The molecule has 8 nitrogen and oxygen atoms in total. The van der Waals surface area contributed by atoms with Gasteiger partial charge in [0.05, 0.1) is 20.3 Å². The lowest BCUT2D eigenvalue weighted by molar-refractivity contribution is -0.124. The number of aromatic hydroxyl groups is 1. The number of methoxy groups -OCH3 is 1. The van der Waals surface area contributed by atoms with Crippen molar-refractivity contribution in [1.29, 1.82) is 0 Å². The van der Waals surface area contributed by atoms with E-state index in [1.165, 1.54) is 25.3 Å². The Bertz CT molecular complexity index is 867. The van der Waals surface area contributed by atoms with Crippen LogP contribution >= 0.6 is 0 Å². The van der Waals surface area contributed by atoms with Crippen molar-refractivity contribution in [3.63, 3.8) is 0 Å². The van der Waals surface area contributed by atoms with Gasteiger partial charge >= 0.3 is 5.97 Å². The van der Waals surface area contributed by atoms with Gasteiger partial charge in [0, 0.05) is 12.6 Å². The molecule has 0 aliphatic heterocycles. The number of phenolic OH excluding ortho intramolecular Hbond substituents is 1. The molecule has 0 bridgehead atoms. The first-order valence-corrected chi connectivity index (χ1v) is 9.67. The summed E-state index contributed by atoms with van der Waals surface area (Å²) in [4.78, 5) is 24.0. The minimum atomic E-state index is -0.793. The molecule has 2 rings (SSSR count). The highest BCUT2D eigenvalue weighted by Crippen LogP contribution is 2.28. The van der Waals surface area contributed by atoms with Gasteiger partial charge in [-0.3, -0.25) is 4.79 Å². The van der Waals surface area contributed by atoms with Crippen LogP contribution in [0.4, 0.5) is 0 Å². The molecule has 0 spiro atoms. The molecule has 0 saturated carbocycles. The number of phenols is 1. The molecular weight excluding hydrogens is 390 g/mol.